The number of carbonyl (C=O) groups excluding carboxylic acids is 2. The third kappa shape index (κ3) is 4.53. The molecule has 31 heavy (non-hydrogen) atoms. The lowest BCUT2D eigenvalue weighted by molar-refractivity contribution is 0.0530. The Morgan fingerprint density at radius 2 is 1.71 bits per heavy atom. The molecule has 1 aliphatic rings. The van der Waals surface area contributed by atoms with Crippen LogP contribution in [0.1, 0.15) is 32.0 Å². The van der Waals surface area contributed by atoms with Gasteiger partial charge >= 0.3 is 0 Å². The van der Waals surface area contributed by atoms with E-state index in [2.05, 4.69) is 9.97 Å². The molecule has 0 bridgehead atoms. The highest BCUT2D eigenvalue weighted by atomic mass is 16.2. The molecule has 3 heterocycles. The highest BCUT2D eigenvalue weighted by Crippen LogP contribution is 2.10. The summed E-state index contributed by atoms with van der Waals surface area (Å²) in [6.45, 7) is 3.88. The summed E-state index contributed by atoms with van der Waals surface area (Å²) >= 11 is 0. The van der Waals surface area contributed by atoms with E-state index in [0.717, 1.165) is 11.1 Å². The van der Waals surface area contributed by atoms with Crippen LogP contribution in [0.4, 0.5) is 0 Å². The van der Waals surface area contributed by atoms with Crippen molar-refractivity contribution in [2.24, 2.45) is 0 Å². The van der Waals surface area contributed by atoms with Crippen LogP contribution in [0.25, 0.3) is 0 Å². The Morgan fingerprint density at radius 3 is 2.39 bits per heavy atom. The average molecular weight is 417 g/mol. The maximum absolute atomic E-state index is 13.0. The van der Waals surface area contributed by atoms with Gasteiger partial charge in [-0.3, -0.25) is 19.4 Å². The van der Waals surface area contributed by atoms with Gasteiger partial charge in [-0.2, -0.15) is 0 Å². The molecule has 1 fully saturated rings. The third-order valence-electron chi connectivity index (χ3n) is 5.32. The summed E-state index contributed by atoms with van der Waals surface area (Å²) in [5.74, 6) is -0.518. The first-order valence-electron chi connectivity index (χ1n) is 10.1. The van der Waals surface area contributed by atoms with Crippen molar-refractivity contribution >= 4 is 11.8 Å². The number of hydrogen-bond donors (Lipinski definition) is 0. The molecule has 0 saturated carbocycles. The van der Waals surface area contributed by atoms with E-state index in [1.165, 1.54) is 18.6 Å². The second-order valence-electron chi connectivity index (χ2n) is 7.52. The van der Waals surface area contributed by atoms with Crippen LogP contribution in [-0.4, -0.2) is 62.3 Å². The van der Waals surface area contributed by atoms with E-state index in [-0.39, 0.29) is 28.6 Å². The van der Waals surface area contributed by atoms with Crippen LogP contribution in [0.15, 0.2) is 66.0 Å². The molecule has 0 atom stereocenters. The van der Waals surface area contributed by atoms with Crippen molar-refractivity contribution in [2.45, 2.75) is 13.5 Å². The van der Waals surface area contributed by atoms with Crippen LogP contribution in [0.2, 0.25) is 0 Å². The molecule has 1 aliphatic heterocycles. The third-order valence-corrected chi connectivity index (χ3v) is 5.32. The zero-order valence-corrected chi connectivity index (χ0v) is 17.3. The van der Waals surface area contributed by atoms with Crippen molar-refractivity contribution in [3.05, 3.63) is 93.9 Å². The van der Waals surface area contributed by atoms with Gasteiger partial charge in [0.1, 0.15) is 11.3 Å². The molecule has 8 heteroatoms. The Kier molecular flexibility index (Phi) is 5.88. The van der Waals surface area contributed by atoms with Crippen molar-refractivity contribution in [1.29, 1.82) is 0 Å². The Bertz CT molecular complexity index is 1150. The van der Waals surface area contributed by atoms with Crippen LogP contribution < -0.4 is 5.56 Å². The molecule has 3 aromatic rings. The average Bonchev–Trinajstić information content (AvgIpc) is 2.80. The van der Waals surface area contributed by atoms with E-state index in [9.17, 15) is 14.4 Å². The van der Waals surface area contributed by atoms with E-state index in [0.29, 0.717) is 32.7 Å². The minimum absolute atomic E-state index is 0.142. The molecular weight excluding hydrogens is 394 g/mol. The zero-order valence-electron chi connectivity index (χ0n) is 17.3. The lowest BCUT2D eigenvalue weighted by atomic mass is 10.1. The van der Waals surface area contributed by atoms with Crippen LogP contribution in [0.5, 0.6) is 0 Å². The molecule has 0 radical (unpaired) electrons. The van der Waals surface area contributed by atoms with Crippen molar-refractivity contribution in [3.8, 4) is 0 Å². The van der Waals surface area contributed by atoms with Crippen molar-refractivity contribution in [3.63, 3.8) is 0 Å². The second kappa shape index (κ2) is 8.91. The number of benzene rings is 1. The Morgan fingerprint density at radius 1 is 0.968 bits per heavy atom. The largest absolute Gasteiger partial charge is 0.335 e. The summed E-state index contributed by atoms with van der Waals surface area (Å²) in [7, 11) is 0. The Hall–Kier alpha value is -3.81. The van der Waals surface area contributed by atoms with E-state index in [1.807, 2.05) is 31.2 Å². The lowest BCUT2D eigenvalue weighted by Gasteiger charge is -2.34. The predicted molar refractivity (Wildman–Crippen MR) is 115 cm³/mol. The van der Waals surface area contributed by atoms with Crippen LogP contribution in [0.3, 0.4) is 0 Å². The van der Waals surface area contributed by atoms with Gasteiger partial charge in [0.25, 0.3) is 17.4 Å². The van der Waals surface area contributed by atoms with Crippen LogP contribution in [-0.2, 0) is 6.54 Å². The maximum atomic E-state index is 13.0. The number of pyridine rings is 1. The van der Waals surface area contributed by atoms with Gasteiger partial charge in [-0.15, -0.1) is 0 Å². The topological polar surface area (TPSA) is 88.4 Å². The van der Waals surface area contributed by atoms with Crippen molar-refractivity contribution in [1.82, 2.24) is 24.3 Å². The summed E-state index contributed by atoms with van der Waals surface area (Å²) in [5, 5.41) is 0. The first kappa shape index (κ1) is 20.5. The smallest absolute Gasteiger partial charge is 0.274 e. The molecule has 0 spiro atoms. The molecule has 0 aliphatic carbocycles. The lowest BCUT2D eigenvalue weighted by Crippen LogP contribution is -2.51. The van der Waals surface area contributed by atoms with Gasteiger partial charge < -0.3 is 14.4 Å². The number of piperazine rings is 1. The quantitative estimate of drug-likeness (QED) is 0.643. The molecule has 0 unspecified atom stereocenters. The van der Waals surface area contributed by atoms with E-state index < -0.39 is 0 Å². The van der Waals surface area contributed by atoms with Crippen LogP contribution >= 0.6 is 0 Å². The Labute approximate surface area is 179 Å². The molecule has 1 saturated heterocycles. The van der Waals surface area contributed by atoms with Gasteiger partial charge in [0.05, 0.1) is 12.7 Å². The number of hydrogen-bond acceptors (Lipinski definition) is 5. The second-order valence-corrected chi connectivity index (χ2v) is 7.52. The highest BCUT2D eigenvalue weighted by Gasteiger charge is 2.27. The Balaban J connectivity index is 1.44. The number of nitrogens with zero attached hydrogens (tertiary/aromatic N) is 5. The highest BCUT2D eigenvalue weighted by molar-refractivity contribution is 5.95. The monoisotopic (exact) mass is 417 g/mol. The number of amides is 2. The predicted octanol–water partition coefficient (Wildman–Crippen LogP) is 1.59. The zero-order chi connectivity index (χ0) is 21.8. The summed E-state index contributed by atoms with van der Waals surface area (Å²) < 4.78 is 1.55. The first-order chi connectivity index (χ1) is 15.0. The number of aromatic nitrogens is 3. The van der Waals surface area contributed by atoms with Gasteiger partial charge in [0.15, 0.2) is 0 Å². The van der Waals surface area contributed by atoms with Gasteiger partial charge in [0, 0.05) is 44.8 Å². The molecule has 4 rings (SSSR count). The molecule has 0 N–H and O–H groups in total. The SMILES string of the molecule is Cc1cccc(Cn2cccc(C(=O)N3CCN(C(=O)c4cnccn4)CC3)c2=O)c1. The van der Waals surface area contributed by atoms with Gasteiger partial charge in [-0.25, -0.2) is 4.98 Å². The normalized spacial score (nSPS) is 13.8. The van der Waals surface area contributed by atoms with E-state index in [1.54, 1.807) is 32.7 Å². The fourth-order valence-electron chi connectivity index (χ4n) is 3.69. The number of carbonyl (C=O) groups is 2. The van der Waals surface area contributed by atoms with Gasteiger partial charge in [0.2, 0.25) is 0 Å². The molecular formula is C23H23N5O3. The molecule has 2 aromatic heterocycles. The van der Waals surface area contributed by atoms with Crippen molar-refractivity contribution < 1.29 is 9.59 Å². The minimum Gasteiger partial charge on any atom is -0.335 e. The summed E-state index contributed by atoms with van der Waals surface area (Å²) in [4.78, 5) is 49.7. The fraction of sp³-hybridized carbons (Fsp3) is 0.261. The van der Waals surface area contributed by atoms with E-state index >= 15 is 0 Å². The molecule has 158 valence electrons. The minimum atomic E-state index is -0.313. The van der Waals surface area contributed by atoms with Gasteiger partial charge in [-0.1, -0.05) is 29.8 Å². The molecule has 8 nitrogen and oxygen atoms in total. The van der Waals surface area contributed by atoms with Gasteiger partial charge in [-0.05, 0) is 24.6 Å². The maximum Gasteiger partial charge on any atom is 0.274 e. The summed E-state index contributed by atoms with van der Waals surface area (Å²) in [5.41, 5.74) is 2.23. The summed E-state index contributed by atoms with van der Waals surface area (Å²) in [6, 6.07) is 11.2. The van der Waals surface area contributed by atoms with Crippen molar-refractivity contribution in [2.75, 3.05) is 26.2 Å². The van der Waals surface area contributed by atoms with Crippen LogP contribution in [0, 0.1) is 6.92 Å². The van der Waals surface area contributed by atoms with E-state index in [4.69, 9.17) is 0 Å². The number of aryl methyl sites for hydroxylation is 1. The summed E-state index contributed by atoms with van der Waals surface area (Å²) in [6.07, 6.45) is 6.11. The molecule has 1 aromatic carbocycles. The fourth-order valence-corrected chi connectivity index (χ4v) is 3.69. The first-order valence-corrected chi connectivity index (χ1v) is 10.1. The molecule has 2 amide bonds. The number of rotatable bonds is 4. The standard InChI is InChI=1S/C23H23N5O3/c1-17-4-2-5-18(14-17)16-28-9-3-6-19(22(28)30)21(29)26-10-12-27(13-11-26)23(31)20-15-24-7-8-25-20/h2-9,14-15H,10-13,16H2,1H3.